The van der Waals surface area contributed by atoms with Crippen LogP contribution in [0, 0.1) is 20.8 Å². The van der Waals surface area contributed by atoms with Crippen LogP contribution in [-0.2, 0) is 29.4 Å². The average molecular weight is 665 g/mol. The Kier molecular flexibility index (Phi) is 8.23. The van der Waals surface area contributed by atoms with Gasteiger partial charge in [0.2, 0.25) is 0 Å². The summed E-state index contributed by atoms with van der Waals surface area (Å²) < 4.78 is 36.5. The Hall–Kier alpha value is -3.77. The summed E-state index contributed by atoms with van der Waals surface area (Å²) in [6.07, 6.45) is 1.43. The van der Waals surface area contributed by atoms with Gasteiger partial charge in [-0.1, -0.05) is 41.9 Å². The number of pyridine rings is 2. The van der Waals surface area contributed by atoms with Gasteiger partial charge in [-0.15, -0.1) is 22.7 Å². The topological polar surface area (TPSA) is 107 Å². The Morgan fingerprint density at radius 1 is 1.05 bits per heavy atom. The number of anilines is 1. The Morgan fingerprint density at radius 3 is 2.55 bits per heavy atom. The maximum atomic E-state index is 13.5. The number of nitrogens with zero attached hydrogens (tertiary/aromatic N) is 3. The molecule has 5 aromatic heterocycles. The highest BCUT2D eigenvalue weighted by Crippen LogP contribution is 2.39. The highest BCUT2D eigenvalue weighted by Gasteiger charge is 2.26. The van der Waals surface area contributed by atoms with Gasteiger partial charge in [0.25, 0.3) is 15.6 Å². The lowest BCUT2D eigenvalue weighted by atomic mass is 10.1. The predicted molar refractivity (Wildman–Crippen MR) is 178 cm³/mol. The van der Waals surface area contributed by atoms with E-state index in [0.29, 0.717) is 40.4 Å². The zero-order valence-electron chi connectivity index (χ0n) is 24.5. The largest absolute Gasteiger partial charge is 0.359 e. The van der Waals surface area contributed by atoms with Crippen molar-refractivity contribution in [3.8, 4) is 11.1 Å². The van der Waals surface area contributed by atoms with Crippen LogP contribution in [0.15, 0.2) is 73.5 Å². The Morgan fingerprint density at radius 2 is 1.86 bits per heavy atom. The van der Waals surface area contributed by atoms with Crippen molar-refractivity contribution < 1.29 is 12.9 Å². The molecule has 12 heteroatoms. The van der Waals surface area contributed by atoms with Crippen molar-refractivity contribution in [3.63, 3.8) is 0 Å². The first-order chi connectivity index (χ1) is 21.0. The Labute approximate surface area is 268 Å². The van der Waals surface area contributed by atoms with E-state index >= 15 is 0 Å². The van der Waals surface area contributed by atoms with E-state index in [1.54, 1.807) is 48.0 Å². The van der Waals surface area contributed by atoms with Crippen LogP contribution in [-0.4, -0.2) is 23.1 Å². The van der Waals surface area contributed by atoms with Crippen LogP contribution in [0.3, 0.4) is 0 Å². The van der Waals surface area contributed by atoms with Gasteiger partial charge >= 0.3 is 0 Å². The number of benzene rings is 1. The molecule has 1 aromatic carbocycles. The third-order valence-corrected chi connectivity index (χ3v) is 11.6. The van der Waals surface area contributed by atoms with Gasteiger partial charge in [-0.2, -0.15) is 0 Å². The molecule has 5 heterocycles. The van der Waals surface area contributed by atoms with Crippen molar-refractivity contribution in [3.05, 3.63) is 113 Å². The van der Waals surface area contributed by atoms with E-state index in [1.165, 1.54) is 4.88 Å². The number of aryl methyl sites for hydroxylation is 3. The molecular formula is C32H29ClN4O4S3. The number of halogens is 1. The molecule has 0 radical (unpaired) electrons. The minimum atomic E-state index is -3.98. The van der Waals surface area contributed by atoms with Crippen LogP contribution in [0.1, 0.15) is 45.0 Å². The van der Waals surface area contributed by atoms with Crippen molar-refractivity contribution in [1.82, 2.24) is 14.7 Å². The quantitative estimate of drug-likeness (QED) is 0.169. The van der Waals surface area contributed by atoms with Crippen LogP contribution in [0.5, 0.6) is 0 Å². The van der Waals surface area contributed by atoms with Crippen molar-refractivity contribution in [2.24, 2.45) is 0 Å². The minimum Gasteiger partial charge on any atom is -0.359 e. The molecule has 0 unspecified atom stereocenters. The van der Waals surface area contributed by atoms with E-state index in [-0.39, 0.29) is 15.6 Å². The molecule has 0 atom stereocenters. The number of rotatable bonds is 9. The van der Waals surface area contributed by atoms with Crippen LogP contribution in [0.2, 0.25) is 5.02 Å². The van der Waals surface area contributed by atoms with E-state index in [0.717, 1.165) is 50.5 Å². The van der Waals surface area contributed by atoms with Crippen LogP contribution >= 0.6 is 34.3 Å². The third kappa shape index (κ3) is 5.84. The third-order valence-electron chi connectivity index (χ3n) is 7.52. The van der Waals surface area contributed by atoms with Crippen LogP contribution in [0.4, 0.5) is 5.82 Å². The highest BCUT2D eigenvalue weighted by atomic mass is 35.5. The van der Waals surface area contributed by atoms with Crippen molar-refractivity contribution >= 4 is 61.0 Å². The lowest BCUT2D eigenvalue weighted by Gasteiger charge is -2.15. The Balaban J connectivity index is 1.36. The zero-order chi connectivity index (χ0) is 31.2. The summed E-state index contributed by atoms with van der Waals surface area (Å²) >= 11 is 9.67. The van der Waals surface area contributed by atoms with Gasteiger partial charge in [0.15, 0.2) is 5.82 Å². The smallest absolute Gasteiger partial charge is 0.273 e. The first-order valence-electron chi connectivity index (χ1n) is 13.9. The number of sulfonamides is 1. The number of aromatic nitrogens is 3. The van der Waals surface area contributed by atoms with Crippen LogP contribution in [0.25, 0.3) is 22.0 Å². The maximum absolute atomic E-state index is 13.5. The molecule has 0 aliphatic rings. The fourth-order valence-electron chi connectivity index (χ4n) is 5.10. The zero-order valence-corrected chi connectivity index (χ0v) is 27.7. The number of fused-ring (bicyclic) bond motifs is 1. The molecule has 6 rings (SSSR count). The minimum absolute atomic E-state index is 0.126. The SMILES string of the molecule is CCc1cc2c(ccc(=O)n2Cc2ccc(-c3cc(C)sc3S(=O)(=O)Nc3noc(C)c3C)c(Cl)c2)c(Cc2cccs2)n1. The standard InChI is InChI=1S/C32H29ClN4O4S3/c1-5-22-15-29-25(28(34-22)16-23-7-6-12-42-23)10-11-30(38)37(29)17-21-8-9-24(27(33)14-21)26-13-18(2)43-32(26)44(39,40)36-31-19(3)20(4)41-35-31/h6-15H,5,16-17H2,1-4H3,(H,35,36). The summed E-state index contributed by atoms with van der Waals surface area (Å²) in [7, 11) is -3.98. The second kappa shape index (κ2) is 12.0. The molecule has 1 N–H and O–H groups in total. The van der Waals surface area contributed by atoms with Gasteiger partial charge in [-0.3, -0.25) is 14.5 Å². The first kappa shape index (κ1) is 30.3. The number of hydrogen-bond acceptors (Lipinski definition) is 8. The number of nitrogens with one attached hydrogen (secondary N) is 1. The van der Waals surface area contributed by atoms with E-state index in [2.05, 4.69) is 28.2 Å². The van der Waals surface area contributed by atoms with E-state index in [4.69, 9.17) is 21.1 Å². The molecule has 6 aromatic rings. The Bertz CT molecular complexity index is 2180. The maximum Gasteiger partial charge on any atom is 0.273 e. The van der Waals surface area contributed by atoms with Gasteiger partial charge in [0.05, 0.1) is 17.8 Å². The second-order valence-electron chi connectivity index (χ2n) is 10.6. The van der Waals surface area contributed by atoms with Crippen molar-refractivity contribution in [1.29, 1.82) is 0 Å². The van der Waals surface area contributed by atoms with E-state index in [9.17, 15) is 13.2 Å². The predicted octanol–water partition coefficient (Wildman–Crippen LogP) is 7.76. The monoisotopic (exact) mass is 664 g/mol. The second-order valence-corrected chi connectivity index (χ2v) is 15.1. The van der Waals surface area contributed by atoms with Gasteiger partial charge in [0.1, 0.15) is 9.97 Å². The molecule has 44 heavy (non-hydrogen) atoms. The molecule has 0 saturated carbocycles. The summed E-state index contributed by atoms with van der Waals surface area (Å²) in [6.45, 7) is 7.66. The number of hydrogen-bond donors (Lipinski definition) is 1. The fraction of sp³-hybridized carbons (Fsp3) is 0.219. The van der Waals surface area contributed by atoms with Crippen molar-refractivity contribution in [2.45, 2.75) is 51.3 Å². The van der Waals surface area contributed by atoms with E-state index in [1.807, 2.05) is 37.3 Å². The average Bonchev–Trinajstić information content (AvgIpc) is 3.72. The lowest BCUT2D eigenvalue weighted by molar-refractivity contribution is 0.399. The molecule has 8 nitrogen and oxygen atoms in total. The molecule has 0 spiro atoms. The molecule has 0 aliphatic carbocycles. The van der Waals surface area contributed by atoms with Gasteiger partial charge < -0.3 is 9.09 Å². The normalized spacial score (nSPS) is 11.8. The fourth-order valence-corrected chi connectivity index (χ4v) is 8.82. The molecule has 0 aliphatic heterocycles. The van der Waals surface area contributed by atoms with Gasteiger partial charge in [0, 0.05) is 55.0 Å². The molecule has 0 fully saturated rings. The van der Waals surface area contributed by atoms with Gasteiger partial charge in [-0.05, 0) is 68.5 Å². The summed E-state index contributed by atoms with van der Waals surface area (Å²) in [4.78, 5) is 20.1. The number of thiophene rings is 2. The van der Waals surface area contributed by atoms with Crippen LogP contribution < -0.4 is 10.3 Å². The molecule has 0 bridgehead atoms. The van der Waals surface area contributed by atoms with Gasteiger partial charge in [-0.25, -0.2) is 8.42 Å². The molecule has 0 amide bonds. The summed E-state index contributed by atoms with van der Waals surface area (Å²) in [6, 6.07) is 16.8. The highest BCUT2D eigenvalue weighted by molar-refractivity contribution is 7.94. The lowest BCUT2D eigenvalue weighted by Crippen LogP contribution is -2.21. The molecular weight excluding hydrogens is 636 g/mol. The molecule has 226 valence electrons. The first-order valence-corrected chi connectivity index (χ1v) is 17.5. The summed E-state index contributed by atoms with van der Waals surface area (Å²) in [5.74, 6) is 0.691. The van der Waals surface area contributed by atoms with E-state index < -0.39 is 10.0 Å². The molecule has 0 saturated heterocycles. The van der Waals surface area contributed by atoms with Crippen molar-refractivity contribution in [2.75, 3.05) is 4.72 Å². The summed E-state index contributed by atoms with van der Waals surface area (Å²) in [5.41, 5.74) is 5.06. The summed E-state index contributed by atoms with van der Waals surface area (Å²) in [5, 5.41) is 7.22.